The molecule has 0 fully saturated rings. The second kappa shape index (κ2) is 6.64. The van der Waals surface area contributed by atoms with E-state index in [0.29, 0.717) is 17.5 Å². The zero-order chi connectivity index (χ0) is 17.9. The summed E-state index contributed by atoms with van der Waals surface area (Å²) >= 11 is 0. The van der Waals surface area contributed by atoms with Crippen molar-refractivity contribution in [2.75, 3.05) is 12.4 Å². The average Bonchev–Trinajstić information content (AvgIpc) is 3.22. The van der Waals surface area contributed by atoms with Crippen molar-refractivity contribution in [3.05, 3.63) is 66.7 Å². The predicted molar refractivity (Wildman–Crippen MR) is 96.0 cm³/mol. The predicted octanol–water partition coefficient (Wildman–Crippen LogP) is 3.55. The number of aromatic nitrogens is 3. The van der Waals surface area contributed by atoms with E-state index >= 15 is 0 Å². The minimum absolute atomic E-state index is 0.279. The largest absolute Gasteiger partial charge is 0.481 e. The minimum atomic E-state index is -0.320. The molecule has 2 aromatic carbocycles. The summed E-state index contributed by atoms with van der Waals surface area (Å²) in [5.74, 6) is 0.517. The van der Waals surface area contributed by atoms with Crippen LogP contribution in [-0.2, 0) is 0 Å². The first-order valence-electron chi connectivity index (χ1n) is 7.86. The number of methoxy groups -OCH3 is 1. The fourth-order valence-corrected chi connectivity index (χ4v) is 2.63. The molecule has 0 unspecified atom stereocenters. The summed E-state index contributed by atoms with van der Waals surface area (Å²) < 4.78 is 10.5. The van der Waals surface area contributed by atoms with Crippen LogP contribution in [0.2, 0.25) is 0 Å². The number of benzene rings is 2. The molecule has 0 spiro atoms. The molecule has 128 valence electrons. The van der Waals surface area contributed by atoms with Crippen LogP contribution in [0.3, 0.4) is 0 Å². The summed E-state index contributed by atoms with van der Waals surface area (Å²) in [4.78, 5) is 16.9. The monoisotopic (exact) mass is 346 g/mol. The summed E-state index contributed by atoms with van der Waals surface area (Å²) in [7, 11) is 1.53. The molecular weight excluding hydrogens is 332 g/mol. The summed E-state index contributed by atoms with van der Waals surface area (Å²) in [5.41, 5.74) is 1.68. The molecule has 26 heavy (non-hydrogen) atoms. The number of amides is 1. The number of pyridine rings is 1. The lowest BCUT2D eigenvalue weighted by molar-refractivity contribution is 0.102. The number of ether oxygens (including phenoxy) is 1. The van der Waals surface area contributed by atoms with Crippen LogP contribution in [0.5, 0.6) is 5.88 Å². The molecule has 0 aliphatic heterocycles. The maximum absolute atomic E-state index is 12.6. The van der Waals surface area contributed by atoms with Gasteiger partial charge in [-0.05, 0) is 41.8 Å². The highest BCUT2D eigenvalue weighted by Crippen LogP contribution is 2.25. The van der Waals surface area contributed by atoms with Crippen LogP contribution in [0.4, 0.5) is 5.69 Å². The van der Waals surface area contributed by atoms with Gasteiger partial charge in [0, 0.05) is 16.6 Å². The van der Waals surface area contributed by atoms with Gasteiger partial charge in [-0.2, -0.15) is 0 Å². The van der Waals surface area contributed by atoms with E-state index in [4.69, 9.17) is 9.15 Å². The third-order valence-corrected chi connectivity index (χ3v) is 3.88. The van der Waals surface area contributed by atoms with Gasteiger partial charge in [-0.15, -0.1) is 10.2 Å². The van der Waals surface area contributed by atoms with Crippen LogP contribution in [-0.4, -0.2) is 28.2 Å². The van der Waals surface area contributed by atoms with Crippen LogP contribution in [0.15, 0.2) is 65.4 Å². The molecular formula is C19H14N4O3. The Balaban J connectivity index is 1.59. The van der Waals surface area contributed by atoms with E-state index in [9.17, 15) is 4.79 Å². The van der Waals surface area contributed by atoms with E-state index in [0.717, 1.165) is 16.3 Å². The van der Waals surface area contributed by atoms with Crippen LogP contribution >= 0.6 is 0 Å². The summed E-state index contributed by atoms with van der Waals surface area (Å²) in [6.45, 7) is 0. The lowest BCUT2D eigenvalue weighted by Gasteiger charge is -2.09. The molecule has 1 N–H and O–H groups in total. The number of hydrogen-bond acceptors (Lipinski definition) is 6. The van der Waals surface area contributed by atoms with Gasteiger partial charge in [-0.3, -0.25) is 4.79 Å². The number of rotatable bonds is 4. The molecule has 4 aromatic rings. The Morgan fingerprint density at radius 3 is 2.65 bits per heavy atom. The Morgan fingerprint density at radius 2 is 1.92 bits per heavy atom. The summed E-state index contributed by atoms with van der Waals surface area (Å²) in [6, 6.07) is 16.5. The van der Waals surface area contributed by atoms with E-state index in [1.165, 1.54) is 13.5 Å². The van der Waals surface area contributed by atoms with Gasteiger partial charge in [0.05, 0.1) is 7.11 Å². The van der Waals surface area contributed by atoms with Crippen molar-refractivity contribution < 1.29 is 13.9 Å². The topological polar surface area (TPSA) is 90.1 Å². The van der Waals surface area contributed by atoms with Crippen molar-refractivity contribution in [1.82, 2.24) is 15.2 Å². The maximum Gasteiger partial charge on any atom is 0.274 e. The Kier molecular flexibility index (Phi) is 4.03. The highest BCUT2D eigenvalue weighted by Gasteiger charge is 2.13. The van der Waals surface area contributed by atoms with E-state index in [-0.39, 0.29) is 11.6 Å². The van der Waals surface area contributed by atoms with Crippen molar-refractivity contribution in [3.63, 3.8) is 0 Å². The molecule has 0 saturated carbocycles. The Morgan fingerprint density at radius 1 is 1.12 bits per heavy atom. The van der Waals surface area contributed by atoms with Gasteiger partial charge in [0.2, 0.25) is 18.2 Å². The number of nitrogens with one attached hydrogen (secondary N) is 1. The lowest BCUT2D eigenvalue weighted by Crippen LogP contribution is -2.14. The van der Waals surface area contributed by atoms with Gasteiger partial charge < -0.3 is 14.5 Å². The summed E-state index contributed by atoms with van der Waals surface area (Å²) in [6.07, 6.45) is 1.27. The van der Waals surface area contributed by atoms with Crippen LogP contribution in [0.25, 0.3) is 22.2 Å². The van der Waals surface area contributed by atoms with E-state index < -0.39 is 0 Å². The quantitative estimate of drug-likeness (QED) is 0.608. The third-order valence-electron chi connectivity index (χ3n) is 3.88. The second-order valence-corrected chi connectivity index (χ2v) is 5.51. The van der Waals surface area contributed by atoms with Crippen LogP contribution in [0.1, 0.15) is 10.5 Å². The number of carbonyl (C=O) groups excluding carboxylic acids is 1. The number of fused-ring (bicyclic) bond motifs is 1. The lowest BCUT2D eigenvalue weighted by atomic mass is 10.1. The molecule has 1 amide bonds. The van der Waals surface area contributed by atoms with Crippen molar-refractivity contribution in [2.45, 2.75) is 0 Å². The minimum Gasteiger partial charge on any atom is -0.481 e. The SMILES string of the molecule is COc1nc(C(=O)Nc2ccc(-c3nnco3)cc2)cc2ccccc12. The zero-order valence-electron chi connectivity index (χ0n) is 13.8. The van der Waals surface area contributed by atoms with E-state index in [1.807, 2.05) is 24.3 Å². The van der Waals surface area contributed by atoms with Gasteiger partial charge in [0.25, 0.3) is 5.91 Å². The third kappa shape index (κ3) is 2.98. The van der Waals surface area contributed by atoms with Gasteiger partial charge in [0.1, 0.15) is 5.69 Å². The van der Waals surface area contributed by atoms with Crippen molar-refractivity contribution in [2.24, 2.45) is 0 Å². The Bertz CT molecular complexity index is 1060. The molecule has 0 atom stereocenters. The summed E-state index contributed by atoms with van der Waals surface area (Å²) in [5, 5.41) is 12.1. The molecule has 0 saturated heterocycles. The molecule has 0 aliphatic carbocycles. The Hall–Kier alpha value is -3.74. The van der Waals surface area contributed by atoms with Crippen molar-refractivity contribution in [1.29, 1.82) is 0 Å². The standard InChI is InChI=1S/C19H14N4O3/c1-25-19-15-5-3-2-4-13(15)10-16(22-19)17(24)21-14-8-6-12(7-9-14)18-23-20-11-26-18/h2-11H,1H3,(H,21,24). The Labute approximate surface area is 148 Å². The van der Waals surface area contributed by atoms with Crippen molar-refractivity contribution in [3.8, 4) is 17.3 Å². The first kappa shape index (κ1) is 15.8. The normalized spacial score (nSPS) is 10.7. The maximum atomic E-state index is 12.6. The molecule has 7 nitrogen and oxygen atoms in total. The first-order chi connectivity index (χ1) is 12.7. The van der Waals surface area contributed by atoms with Crippen LogP contribution in [0, 0.1) is 0 Å². The zero-order valence-corrected chi connectivity index (χ0v) is 13.8. The van der Waals surface area contributed by atoms with Gasteiger partial charge in [0.15, 0.2) is 0 Å². The second-order valence-electron chi connectivity index (χ2n) is 5.51. The molecule has 2 aromatic heterocycles. The van der Waals surface area contributed by atoms with Gasteiger partial charge in [-0.1, -0.05) is 18.2 Å². The molecule has 4 rings (SSSR count). The fourth-order valence-electron chi connectivity index (χ4n) is 2.63. The van der Waals surface area contributed by atoms with Crippen LogP contribution < -0.4 is 10.1 Å². The number of nitrogens with zero attached hydrogens (tertiary/aromatic N) is 3. The van der Waals surface area contributed by atoms with E-state index in [2.05, 4.69) is 20.5 Å². The molecule has 0 aliphatic rings. The fraction of sp³-hybridized carbons (Fsp3) is 0.0526. The highest BCUT2D eigenvalue weighted by molar-refractivity contribution is 6.05. The molecule has 7 heteroatoms. The van der Waals surface area contributed by atoms with Gasteiger partial charge >= 0.3 is 0 Å². The average molecular weight is 346 g/mol. The number of anilines is 1. The van der Waals surface area contributed by atoms with Gasteiger partial charge in [-0.25, -0.2) is 4.98 Å². The molecule has 2 heterocycles. The molecule has 0 radical (unpaired) electrons. The number of carbonyl (C=O) groups is 1. The molecule has 0 bridgehead atoms. The van der Waals surface area contributed by atoms with Crippen molar-refractivity contribution >= 4 is 22.4 Å². The highest BCUT2D eigenvalue weighted by atomic mass is 16.5. The van der Waals surface area contributed by atoms with E-state index in [1.54, 1.807) is 30.3 Å². The number of hydrogen-bond donors (Lipinski definition) is 1. The first-order valence-corrected chi connectivity index (χ1v) is 7.86. The smallest absolute Gasteiger partial charge is 0.274 e.